The monoisotopic (exact) mass is 483 g/mol. The molecule has 0 aromatic rings. The summed E-state index contributed by atoms with van der Waals surface area (Å²) in [6, 6.07) is -0.00122. The minimum atomic E-state index is -1.56. The fraction of sp³-hybridized carbons (Fsp3) is 1.00. The summed E-state index contributed by atoms with van der Waals surface area (Å²) >= 11 is 0. The number of ether oxygens (including phenoxy) is 5. The van der Waals surface area contributed by atoms with Gasteiger partial charge in [0.15, 0.2) is 0 Å². The molecule has 3 N–H and O–H groups in total. The number of piperidine rings is 1. The Kier molecular flexibility index (Phi) is 5.19. The predicted octanol–water partition coefficient (Wildman–Crippen LogP) is -0.494. The number of nitrogens with zero attached hydrogens (tertiary/aromatic N) is 1. The third-order valence-electron chi connectivity index (χ3n) is 11.6. The van der Waals surface area contributed by atoms with E-state index >= 15 is 0 Å². The Bertz CT molecular complexity index is 846. The van der Waals surface area contributed by atoms with Crippen LogP contribution in [0.3, 0.4) is 0 Å². The van der Waals surface area contributed by atoms with Crippen molar-refractivity contribution >= 4 is 0 Å². The smallest absolute Gasteiger partial charge is 0.120 e. The van der Waals surface area contributed by atoms with Crippen molar-refractivity contribution in [1.29, 1.82) is 0 Å². The van der Waals surface area contributed by atoms with Crippen LogP contribution in [0.4, 0.5) is 0 Å². The summed E-state index contributed by atoms with van der Waals surface area (Å²) in [5.74, 6) is -0.758. The molecular weight excluding hydrogens is 442 g/mol. The zero-order chi connectivity index (χ0) is 24.4. The first-order valence-corrected chi connectivity index (χ1v) is 12.6. The fourth-order valence-electron chi connectivity index (χ4n) is 11.3. The molecule has 1 unspecified atom stereocenters. The molecule has 9 heteroatoms. The van der Waals surface area contributed by atoms with E-state index in [4.69, 9.17) is 23.7 Å². The van der Waals surface area contributed by atoms with E-state index in [0.717, 1.165) is 19.4 Å². The van der Waals surface area contributed by atoms with Crippen LogP contribution in [-0.4, -0.2) is 124 Å². The van der Waals surface area contributed by atoms with E-state index in [1.807, 2.05) is 0 Å². The number of likely N-dealkylation sites (tertiary alicyclic amines) is 1. The number of aliphatic hydroxyl groups is 3. The Labute approximate surface area is 201 Å². The molecule has 1 aliphatic heterocycles. The lowest BCUT2D eigenvalue weighted by Crippen LogP contribution is -2.80. The number of aliphatic hydroxyl groups excluding tert-OH is 2. The largest absolute Gasteiger partial charge is 0.390 e. The lowest BCUT2D eigenvalue weighted by Gasteiger charge is -2.69. The van der Waals surface area contributed by atoms with Crippen molar-refractivity contribution in [3.63, 3.8) is 0 Å². The molecule has 7 bridgehead atoms. The van der Waals surface area contributed by atoms with E-state index in [-0.39, 0.29) is 46.8 Å². The molecule has 1 saturated heterocycles. The third kappa shape index (κ3) is 2.18. The number of rotatable bonds is 6. The number of methoxy groups -OCH3 is 5. The van der Waals surface area contributed by atoms with Crippen LogP contribution < -0.4 is 0 Å². The first-order valence-electron chi connectivity index (χ1n) is 12.6. The quantitative estimate of drug-likeness (QED) is 0.461. The van der Waals surface area contributed by atoms with Crippen molar-refractivity contribution in [1.82, 2.24) is 4.90 Å². The van der Waals surface area contributed by atoms with E-state index in [9.17, 15) is 15.3 Å². The van der Waals surface area contributed by atoms with E-state index in [2.05, 4.69) is 11.9 Å². The summed E-state index contributed by atoms with van der Waals surface area (Å²) in [5, 5.41) is 35.5. The van der Waals surface area contributed by atoms with Gasteiger partial charge in [0.1, 0.15) is 23.4 Å². The van der Waals surface area contributed by atoms with Gasteiger partial charge in [0.2, 0.25) is 0 Å². The van der Waals surface area contributed by atoms with Gasteiger partial charge in [0.05, 0.1) is 24.9 Å². The number of hydrogen-bond acceptors (Lipinski definition) is 9. The van der Waals surface area contributed by atoms with Crippen LogP contribution in [0.5, 0.6) is 0 Å². The van der Waals surface area contributed by atoms with Gasteiger partial charge in [-0.2, -0.15) is 0 Å². The van der Waals surface area contributed by atoms with E-state index in [1.165, 1.54) is 7.11 Å². The summed E-state index contributed by atoms with van der Waals surface area (Å²) < 4.78 is 30.7. The number of hydrogen-bond donors (Lipinski definition) is 3. The molecule has 14 atom stereocenters. The van der Waals surface area contributed by atoms with Crippen molar-refractivity contribution in [2.45, 2.75) is 67.0 Å². The molecule has 6 aliphatic rings. The normalized spacial score (nSPS) is 61.7. The second-order valence-electron chi connectivity index (χ2n) is 12.1. The van der Waals surface area contributed by atoms with Crippen molar-refractivity contribution in [2.75, 3.05) is 55.7 Å². The van der Waals surface area contributed by atoms with Crippen LogP contribution in [0.15, 0.2) is 0 Å². The zero-order valence-corrected chi connectivity index (χ0v) is 21.1. The predicted molar refractivity (Wildman–Crippen MR) is 120 cm³/mol. The minimum Gasteiger partial charge on any atom is -0.390 e. The molecule has 34 heavy (non-hydrogen) atoms. The number of fused-ring (bicyclic) bond motifs is 2. The molecule has 0 radical (unpaired) electrons. The Morgan fingerprint density at radius 2 is 1.71 bits per heavy atom. The Hall–Kier alpha value is -0.360. The maximum absolute atomic E-state index is 11.9. The molecule has 1 heterocycles. The van der Waals surface area contributed by atoms with Gasteiger partial charge in [-0.1, -0.05) is 0 Å². The summed E-state index contributed by atoms with van der Waals surface area (Å²) in [5.41, 5.74) is -3.23. The summed E-state index contributed by atoms with van der Waals surface area (Å²) in [6.07, 6.45) is -1.28. The lowest BCUT2D eigenvalue weighted by molar-refractivity contribution is -0.320. The van der Waals surface area contributed by atoms with Crippen molar-refractivity contribution < 1.29 is 39.0 Å². The highest BCUT2D eigenvalue weighted by atomic mass is 16.5. The first kappa shape index (κ1) is 24.0. The van der Waals surface area contributed by atoms with Gasteiger partial charge in [-0.05, 0) is 32.2 Å². The van der Waals surface area contributed by atoms with Crippen molar-refractivity contribution in [3.05, 3.63) is 0 Å². The molecule has 1 spiro atoms. The molecule has 194 valence electrons. The SMILES string of the molecule is COC[C@@]12CC[C@H](OC)[C@]34C([C@H]([C@H](OC)[C@H]13)[C@]1(OC)[C@H]3[C@@H](O)[C@](O)(C[C@H]34)[C@@H](OC)[C@@H]1O)N(C)C2. The molecular formula is C25H41NO8. The molecule has 9 nitrogen and oxygen atoms in total. The molecule has 6 rings (SSSR count). The van der Waals surface area contributed by atoms with E-state index < -0.39 is 35.4 Å². The van der Waals surface area contributed by atoms with Crippen molar-refractivity contribution in [3.8, 4) is 0 Å². The van der Waals surface area contributed by atoms with Crippen LogP contribution in [0.1, 0.15) is 19.3 Å². The Morgan fingerprint density at radius 1 is 0.971 bits per heavy atom. The molecule has 0 aromatic carbocycles. The van der Waals surface area contributed by atoms with Gasteiger partial charge in [-0.3, -0.25) is 0 Å². The molecule has 5 aliphatic carbocycles. The van der Waals surface area contributed by atoms with Crippen LogP contribution in [-0.2, 0) is 23.7 Å². The van der Waals surface area contributed by atoms with Crippen molar-refractivity contribution in [2.24, 2.45) is 34.5 Å². The summed E-state index contributed by atoms with van der Waals surface area (Å²) in [6.45, 7) is 1.46. The summed E-state index contributed by atoms with van der Waals surface area (Å²) in [7, 11) is 10.6. The molecule has 6 fully saturated rings. The first-order chi connectivity index (χ1) is 16.2. The minimum absolute atomic E-state index is 0.00122. The van der Waals surface area contributed by atoms with Gasteiger partial charge in [0.25, 0.3) is 0 Å². The lowest BCUT2D eigenvalue weighted by atomic mass is 9.43. The highest BCUT2D eigenvalue weighted by molar-refractivity contribution is 5.39. The van der Waals surface area contributed by atoms with Crippen LogP contribution in [0.2, 0.25) is 0 Å². The van der Waals surface area contributed by atoms with E-state index in [1.54, 1.807) is 28.4 Å². The molecule has 0 amide bonds. The van der Waals surface area contributed by atoms with Gasteiger partial charge >= 0.3 is 0 Å². The maximum atomic E-state index is 11.9. The van der Waals surface area contributed by atoms with Gasteiger partial charge in [-0.15, -0.1) is 0 Å². The Morgan fingerprint density at radius 3 is 2.29 bits per heavy atom. The highest BCUT2D eigenvalue weighted by Gasteiger charge is 2.90. The summed E-state index contributed by atoms with van der Waals surface area (Å²) in [4.78, 5) is 2.41. The van der Waals surface area contributed by atoms with Crippen LogP contribution in [0, 0.1) is 34.5 Å². The van der Waals surface area contributed by atoms with E-state index in [0.29, 0.717) is 13.0 Å². The average molecular weight is 484 g/mol. The van der Waals surface area contributed by atoms with Crippen LogP contribution >= 0.6 is 0 Å². The fourth-order valence-corrected chi connectivity index (χ4v) is 11.3. The molecule has 0 aromatic heterocycles. The van der Waals surface area contributed by atoms with Gasteiger partial charge < -0.3 is 43.9 Å². The standard InChI is InChI=1S/C25H41NO8/c1-26-10-22(11-30-2)8-7-13(31-3)24-12-9-23(29)19(27)14(12)25(34-6,20(28)21(23)33-5)15(18(24)26)16(32-4)17(22)24/h12-21,27-29H,7-11H2,1-6H3/t12-,13+,14-,15+,16+,17-,18?,19-,20+,21+,22+,23-,24+,25-/m1/s1. The highest BCUT2D eigenvalue weighted by Crippen LogP contribution is 2.80. The second-order valence-corrected chi connectivity index (χ2v) is 12.1. The average Bonchev–Trinajstić information content (AvgIpc) is 3.17. The Balaban J connectivity index is 1.68. The molecule has 5 saturated carbocycles. The van der Waals surface area contributed by atoms with Gasteiger partial charge in [-0.25, -0.2) is 0 Å². The maximum Gasteiger partial charge on any atom is 0.120 e. The van der Waals surface area contributed by atoms with Crippen LogP contribution in [0.25, 0.3) is 0 Å². The third-order valence-corrected chi connectivity index (χ3v) is 11.6. The zero-order valence-electron chi connectivity index (χ0n) is 21.1. The topological polar surface area (TPSA) is 110 Å². The van der Waals surface area contributed by atoms with Gasteiger partial charge in [0, 0.05) is 76.7 Å². The second kappa shape index (κ2) is 7.36.